The molecule has 0 saturated heterocycles. The molecule has 0 amide bonds. The van der Waals surface area contributed by atoms with E-state index in [9.17, 15) is 0 Å². The number of rotatable bonds is 7. The van der Waals surface area contributed by atoms with E-state index in [1.165, 1.54) is 70.7 Å². The molecule has 0 aliphatic carbocycles. The fourth-order valence-corrected chi connectivity index (χ4v) is 8.74. The van der Waals surface area contributed by atoms with Crippen molar-refractivity contribution in [2.24, 2.45) is 0 Å². The number of hydrogen-bond donors (Lipinski definition) is 0. The van der Waals surface area contributed by atoms with Gasteiger partial charge in [-0.05, 0) is 127 Å². The zero-order valence-corrected chi connectivity index (χ0v) is 30.7. The van der Waals surface area contributed by atoms with Crippen molar-refractivity contribution in [1.29, 1.82) is 0 Å². The minimum absolute atomic E-state index is 1.12. The average Bonchev–Trinajstić information content (AvgIpc) is 3.27. The van der Waals surface area contributed by atoms with Gasteiger partial charge in [0.2, 0.25) is 0 Å². The first-order valence-corrected chi connectivity index (χ1v) is 19.3. The number of para-hydroxylation sites is 2. The Morgan fingerprint density at radius 2 is 0.625 bits per heavy atom. The fourth-order valence-electron chi connectivity index (χ4n) is 8.74. The molecule has 0 aliphatic heterocycles. The molecule has 0 spiro atoms. The summed E-state index contributed by atoms with van der Waals surface area (Å²) in [6, 6.07) is 79.4. The number of fused-ring (bicyclic) bond motifs is 2. The molecule has 2 nitrogen and oxygen atoms in total. The predicted molar refractivity (Wildman–Crippen MR) is 240 cm³/mol. The Morgan fingerprint density at radius 1 is 0.232 bits per heavy atom. The highest BCUT2D eigenvalue weighted by atomic mass is 15.1. The van der Waals surface area contributed by atoms with Crippen LogP contribution in [0.25, 0.3) is 65.0 Å². The zero-order chi connectivity index (χ0) is 37.0. The van der Waals surface area contributed by atoms with Crippen LogP contribution in [0.3, 0.4) is 0 Å². The smallest absolute Gasteiger partial charge is 0.0540 e. The second-order valence-corrected chi connectivity index (χ2v) is 14.6. The lowest BCUT2D eigenvalue weighted by atomic mass is 9.91. The monoisotopic (exact) mass is 712 g/mol. The van der Waals surface area contributed by atoms with Crippen molar-refractivity contribution in [3.8, 4) is 11.1 Å². The van der Waals surface area contributed by atoms with E-state index in [2.05, 4.69) is 228 Å². The van der Waals surface area contributed by atoms with Crippen molar-refractivity contribution in [3.05, 3.63) is 218 Å². The molecule has 0 radical (unpaired) electrons. The molecule has 0 atom stereocenters. The topological polar surface area (TPSA) is 6.48 Å². The molecule has 0 fully saturated rings. The van der Waals surface area contributed by atoms with E-state index in [-0.39, 0.29) is 0 Å². The second kappa shape index (κ2) is 13.2. The van der Waals surface area contributed by atoms with Gasteiger partial charge in [-0.3, -0.25) is 0 Å². The molecule has 0 unspecified atom stereocenters. The largest absolute Gasteiger partial charge is 0.310 e. The van der Waals surface area contributed by atoms with Gasteiger partial charge in [0.05, 0.1) is 11.4 Å². The van der Waals surface area contributed by atoms with Gasteiger partial charge in [-0.15, -0.1) is 0 Å². The lowest BCUT2D eigenvalue weighted by Gasteiger charge is -2.28. The van der Waals surface area contributed by atoms with E-state index in [0.717, 1.165) is 28.4 Å². The molecule has 0 bridgehead atoms. The molecule has 11 aromatic rings. The first-order valence-electron chi connectivity index (χ1n) is 19.3. The molecule has 0 saturated carbocycles. The Balaban J connectivity index is 1.00. The van der Waals surface area contributed by atoms with Crippen LogP contribution in [0.5, 0.6) is 0 Å². The van der Waals surface area contributed by atoms with Crippen LogP contribution in [0.1, 0.15) is 0 Å². The highest BCUT2D eigenvalue weighted by molar-refractivity contribution is 6.24. The van der Waals surface area contributed by atoms with E-state index in [0.29, 0.717) is 0 Å². The molecular weight excluding hydrogens is 677 g/mol. The van der Waals surface area contributed by atoms with Gasteiger partial charge in [0.15, 0.2) is 0 Å². The lowest BCUT2D eigenvalue weighted by molar-refractivity contribution is 1.30. The second-order valence-electron chi connectivity index (χ2n) is 14.6. The van der Waals surface area contributed by atoms with Gasteiger partial charge in [0, 0.05) is 33.5 Å². The molecule has 0 aliphatic rings. The standard InChI is InChI=1S/C54H36N2/c1-3-17-45(18-4-1)55(51-23-11-15-38-13-7-9-21-49(38)51)47-31-29-37(30-32-47)44-33-40-25-27-42-35-48(36-43-28-26-41(34-44)53(40)54(42)43)56(46-19-5-2-6-20-46)52-24-12-16-39-14-8-10-22-50(39)52/h1-36H. The molecule has 11 aromatic carbocycles. The van der Waals surface area contributed by atoms with E-state index in [1.807, 2.05) is 0 Å². The number of anilines is 6. The quantitative estimate of drug-likeness (QED) is 0.152. The predicted octanol–water partition coefficient (Wildman–Crippen LogP) is 15.5. The van der Waals surface area contributed by atoms with Crippen LogP contribution in [0.4, 0.5) is 34.1 Å². The molecule has 56 heavy (non-hydrogen) atoms. The van der Waals surface area contributed by atoms with E-state index >= 15 is 0 Å². The van der Waals surface area contributed by atoms with Crippen molar-refractivity contribution in [1.82, 2.24) is 0 Å². The number of nitrogens with zero attached hydrogens (tertiary/aromatic N) is 2. The molecule has 262 valence electrons. The van der Waals surface area contributed by atoms with Gasteiger partial charge in [0.1, 0.15) is 0 Å². The van der Waals surface area contributed by atoms with Gasteiger partial charge in [-0.1, -0.05) is 146 Å². The van der Waals surface area contributed by atoms with Gasteiger partial charge < -0.3 is 9.80 Å². The van der Waals surface area contributed by atoms with Crippen molar-refractivity contribution in [2.75, 3.05) is 9.80 Å². The van der Waals surface area contributed by atoms with Gasteiger partial charge >= 0.3 is 0 Å². The number of hydrogen-bond acceptors (Lipinski definition) is 2. The summed E-state index contributed by atoms with van der Waals surface area (Å²) in [5, 5.41) is 12.5. The van der Waals surface area contributed by atoms with Crippen LogP contribution >= 0.6 is 0 Å². The highest BCUT2D eigenvalue weighted by Gasteiger charge is 2.19. The summed E-state index contributed by atoms with van der Waals surface area (Å²) >= 11 is 0. The van der Waals surface area contributed by atoms with Gasteiger partial charge in [0.25, 0.3) is 0 Å². The minimum Gasteiger partial charge on any atom is -0.310 e. The summed E-state index contributed by atoms with van der Waals surface area (Å²) in [5.74, 6) is 0. The zero-order valence-electron chi connectivity index (χ0n) is 30.7. The molecule has 11 rings (SSSR count). The third-order valence-electron chi connectivity index (χ3n) is 11.3. The van der Waals surface area contributed by atoms with E-state index in [1.54, 1.807) is 0 Å². The fraction of sp³-hybridized carbons (Fsp3) is 0. The van der Waals surface area contributed by atoms with E-state index < -0.39 is 0 Å². The first-order chi connectivity index (χ1) is 27.8. The average molecular weight is 713 g/mol. The SMILES string of the molecule is c1ccc(N(c2ccc(-c3cc4ccc5cc(N(c6ccccc6)c6cccc7ccccc67)cc6ccc(c3)c4c56)cc2)c2cccc3ccccc23)cc1. The molecular formula is C54H36N2. The summed E-state index contributed by atoms with van der Waals surface area (Å²) in [7, 11) is 0. The van der Waals surface area contributed by atoms with Gasteiger partial charge in [-0.2, -0.15) is 0 Å². The van der Waals surface area contributed by atoms with Crippen molar-refractivity contribution in [3.63, 3.8) is 0 Å². The van der Waals surface area contributed by atoms with Crippen LogP contribution in [0.15, 0.2) is 218 Å². The Bertz CT molecular complexity index is 3110. The van der Waals surface area contributed by atoms with Crippen molar-refractivity contribution in [2.45, 2.75) is 0 Å². The minimum atomic E-state index is 1.12. The van der Waals surface area contributed by atoms with Crippen LogP contribution < -0.4 is 9.80 Å². The Morgan fingerprint density at radius 3 is 1.12 bits per heavy atom. The van der Waals surface area contributed by atoms with Crippen LogP contribution in [-0.4, -0.2) is 0 Å². The summed E-state index contributed by atoms with van der Waals surface area (Å²) in [5.41, 5.74) is 9.28. The maximum atomic E-state index is 2.40. The van der Waals surface area contributed by atoms with Crippen LogP contribution in [0, 0.1) is 0 Å². The summed E-state index contributed by atoms with van der Waals surface area (Å²) in [4.78, 5) is 4.76. The summed E-state index contributed by atoms with van der Waals surface area (Å²) in [6.45, 7) is 0. The first kappa shape index (κ1) is 32.0. The lowest BCUT2D eigenvalue weighted by Crippen LogP contribution is -2.10. The van der Waals surface area contributed by atoms with Crippen molar-refractivity contribution < 1.29 is 0 Å². The molecule has 0 heterocycles. The van der Waals surface area contributed by atoms with Crippen LogP contribution in [0.2, 0.25) is 0 Å². The highest BCUT2D eigenvalue weighted by Crippen LogP contribution is 2.45. The third kappa shape index (κ3) is 5.34. The maximum absolute atomic E-state index is 2.40. The van der Waals surface area contributed by atoms with E-state index in [4.69, 9.17) is 0 Å². The molecule has 2 heteroatoms. The number of benzene rings is 11. The molecule has 0 N–H and O–H groups in total. The normalized spacial score (nSPS) is 11.6. The third-order valence-corrected chi connectivity index (χ3v) is 11.3. The summed E-state index contributed by atoms with van der Waals surface area (Å²) in [6.07, 6.45) is 0. The Kier molecular flexibility index (Phi) is 7.53. The van der Waals surface area contributed by atoms with Gasteiger partial charge in [-0.25, -0.2) is 0 Å². The Labute approximate surface area is 326 Å². The maximum Gasteiger partial charge on any atom is 0.0540 e. The van der Waals surface area contributed by atoms with Crippen molar-refractivity contribution >= 4 is 88.0 Å². The summed E-state index contributed by atoms with van der Waals surface area (Å²) < 4.78 is 0. The molecule has 0 aromatic heterocycles. The Hall–Kier alpha value is -7.42. The van der Waals surface area contributed by atoms with Crippen LogP contribution in [-0.2, 0) is 0 Å².